The fraction of sp³-hybridized carbons (Fsp3) is 0.353. The predicted molar refractivity (Wildman–Crippen MR) is 98.6 cm³/mol. The SMILES string of the molecule is O=C(NCCn1cccc1)c1ccc(Cl)c(N2CCCCS2(=O)=O)c1. The first-order valence-electron chi connectivity index (χ1n) is 8.16. The van der Waals surface area contributed by atoms with Crippen molar-refractivity contribution >= 4 is 33.2 Å². The summed E-state index contributed by atoms with van der Waals surface area (Å²) in [5.74, 6) is -0.143. The number of hydrogen-bond acceptors (Lipinski definition) is 3. The van der Waals surface area contributed by atoms with Crippen molar-refractivity contribution in [2.24, 2.45) is 0 Å². The van der Waals surface area contributed by atoms with Gasteiger partial charge in [0, 0.05) is 37.6 Å². The van der Waals surface area contributed by atoms with Gasteiger partial charge in [-0.25, -0.2) is 8.42 Å². The van der Waals surface area contributed by atoms with Crippen LogP contribution < -0.4 is 9.62 Å². The lowest BCUT2D eigenvalue weighted by atomic mass is 10.2. The van der Waals surface area contributed by atoms with Gasteiger partial charge in [-0.15, -0.1) is 0 Å². The Bertz CT molecular complexity index is 850. The van der Waals surface area contributed by atoms with Crippen molar-refractivity contribution in [2.45, 2.75) is 19.4 Å². The van der Waals surface area contributed by atoms with Crippen molar-refractivity contribution in [3.63, 3.8) is 0 Å². The van der Waals surface area contributed by atoms with Crippen LogP contribution in [0.2, 0.25) is 5.02 Å². The molecule has 0 aliphatic carbocycles. The van der Waals surface area contributed by atoms with Crippen LogP contribution in [0, 0.1) is 0 Å². The third kappa shape index (κ3) is 4.16. The van der Waals surface area contributed by atoms with Gasteiger partial charge < -0.3 is 9.88 Å². The molecule has 2 aromatic rings. The summed E-state index contributed by atoms with van der Waals surface area (Å²) >= 11 is 6.19. The van der Waals surface area contributed by atoms with E-state index in [0.29, 0.717) is 42.3 Å². The number of amides is 1. The summed E-state index contributed by atoms with van der Waals surface area (Å²) in [5, 5.41) is 3.16. The molecule has 0 unspecified atom stereocenters. The van der Waals surface area contributed by atoms with Gasteiger partial charge in [0.2, 0.25) is 10.0 Å². The maximum absolute atomic E-state index is 12.3. The van der Waals surface area contributed by atoms with E-state index in [9.17, 15) is 13.2 Å². The first kappa shape index (κ1) is 17.8. The number of anilines is 1. The summed E-state index contributed by atoms with van der Waals surface area (Å²) in [4.78, 5) is 12.3. The Balaban J connectivity index is 1.73. The first-order valence-corrected chi connectivity index (χ1v) is 10.1. The van der Waals surface area contributed by atoms with Crippen LogP contribution >= 0.6 is 11.6 Å². The van der Waals surface area contributed by atoms with Crippen molar-refractivity contribution in [2.75, 3.05) is 23.1 Å². The quantitative estimate of drug-likeness (QED) is 0.864. The Kier molecular flexibility index (Phi) is 5.34. The molecule has 0 atom stereocenters. The molecule has 1 aromatic heterocycles. The fourth-order valence-electron chi connectivity index (χ4n) is 2.82. The normalized spacial score (nSPS) is 16.6. The van der Waals surface area contributed by atoms with E-state index in [0.717, 1.165) is 6.42 Å². The summed E-state index contributed by atoms with van der Waals surface area (Å²) in [7, 11) is -3.37. The van der Waals surface area contributed by atoms with Crippen molar-refractivity contribution in [1.82, 2.24) is 9.88 Å². The number of carbonyl (C=O) groups is 1. The maximum Gasteiger partial charge on any atom is 0.251 e. The summed E-state index contributed by atoms with van der Waals surface area (Å²) in [6.45, 7) is 1.54. The molecular weight excluding hydrogens is 362 g/mol. The Morgan fingerprint density at radius 3 is 2.68 bits per heavy atom. The smallest absolute Gasteiger partial charge is 0.251 e. The second-order valence-corrected chi connectivity index (χ2v) is 8.36. The van der Waals surface area contributed by atoms with E-state index in [1.807, 2.05) is 29.1 Å². The van der Waals surface area contributed by atoms with Crippen molar-refractivity contribution < 1.29 is 13.2 Å². The van der Waals surface area contributed by atoms with Gasteiger partial charge in [-0.2, -0.15) is 0 Å². The molecule has 0 spiro atoms. The van der Waals surface area contributed by atoms with Gasteiger partial charge in [0.1, 0.15) is 0 Å². The van der Waals surface area contributed by atoms with Crippen LogP contribution in [0.3, 0.4) is 0 Å². The van der Waals surface area contributed by atoms with Crippen LogP contribution in [0.25, 0.3) is 0 Å². The molecular formula is C17H20ClN3O3S. The van der Waals surface area contributed by atoms with E-state index in [2.05, 4.69) is 5.32 Å². The first-order chi connectivity index (χ1) is 12.0. The second kappa shape index (κ2) is 7.49. The standard InChI is InChI=1S/C17H20ClN3O3S/c18-15-6-5-14(17(22)19-7-11-20-8-1-2-9-20)13-16(15)21-10-3-4-12-25(21,23)24/h1-2,5-6,8-9,13H,3-4,7,10-12H2,(H,19,22). The monoisotopic (exact) mass is 381 g/mol. The van der Waals surface area contributed by atoms with Gasteiger partial charge in [0.25, 0.3) is 5.91 Å². The molecule has 0 bridgehead atoms. The van der Waals surface area contributed by atoms with E-state index in [-0.39, 0.29) is 11.7 Å². The highest BCUT2D eigenvalue weighted by Gasteiger charge is 2.28. The lowest BCUT2D eigenvalue weighted by molar-refractivity contribution is 0.0952. The number of aromatic nitrogens is 1. The van der Waals surface area contributed by atoms with Gasteiger partial charge in [-0.1, -0.05) is 11.6 Å². The maximum atomic E-state index is 12.3. The van der Waals surface area contributed by atoms with E-state index in [1.54, 1.807) is 18.2 Å². The number of halogens is 1. The Hall–Kier alpha value is -1.99. The van der Waals surface area contributed by atoms with Crippen LogP contribution in [0.1, 0.15) is 23.2 Å². The minimum Gasteiger partial charge on any atom is -0.353 e. The van der Waals surface area contributed by atoms with Gasteiger partial charge in [-0.05, 0) is 43.2 Å². The summed E-state index contributed by atoms with van der Waals surface area (Å²) in [6.07, 6.45) is 5.28. The van der Waals surface area contributed by atoms with E-state index < -0.39 is 10.0 Å². The molecule has 1 aliphatic heterocycles. The average Bonchev–Trinajstić information content (AvgIpc) is 3.08. The highest BCUT2D eigenvalue weighted by atomic mass is 35.5. The van der Waals surface area contributed by atoms with E-state index in [4.69, 9.17) is 11.6 Å². The molecule has 1 amide bonds. The van der Waals surface area contributed by atoms with Crippen LogP contribution in [-0.4, -0.2) is 37.7 Å². The third-order valence-electron chi connectivity index (χ3n) is 4.15. The number of nitrogens with zero attached hydrogens (tertiary/aromatic N) is 2. The molecule has 1 N–H and O–H groups in total. The van der Waals surface area contributed by atoms with Gasteiger partial charge in [0.05, 0.1) is 16.5 Å². The topological polar surface area (TPSA) is 71.4 Å². The average molecular weight is 382 g/mol. The molecule has 1 aromatic carbocycles. The molecule has 25 heavy (non-hydrogen) atoms. The van der Waals surface area contributed by atoms with Crippen LogP contribution in [-0.2, 0) is 16.6 Å². The number of hydrogen-bond donors (Lipinski definition) is 1. The largest absolute Gasteiger partial charge is 0.353 e. The molecule has 1 aliphatic rings. The molecule has 1 saturated heterocycles. The number of nitrogens with one attached hydrogen (secondary N) is 1. The zero-order valence-electron chi connectivity index (χ0n) is 13.7. The van der Waals surface area contributed by atoms with Crippen LogP contribution in [0.15, 0.2) is 42.7 Å². The van der Waals surface area contributed by atoms with Gasteiger partial charge >= 0.3 is 0 Å². The minimum absolute atomic E-state index is 0.108. The molecule has 8 heteroatoms. The highest BCUT2D eigenvalue weighted by Crippen LogP contribution is 2.31. The van der Waals surface area contributed by atoms with Crippen LogP contribution in [0.5, 0.6) is 0 Å². The molecule has 6 nitrogen and oxygen atoms in total. The Labute approximate surface area is 152 Å². The molecule has 134 valence electrons. The Morgan fingerprint density at radius 1 is 1.20 bits per heavy atom. The summed E-state index contributed by atoms with van der Waals surface area (Å²) in [5.41, 5.74) is 0.770. The lowest BCUT2D eigenvalue weighted by Gasteiger charge is -2.29. The molecule has 0 radical (unpaired) electrons. The molecule has 0 saturated carbocycles. The highest BCUT2D eigenvalue weighted by molar-refractivity contribution is 7.92. The second-order valence-electron chi connectivity index (χ2n) is 5.94. The van der Waals surface area contributed by atoms with Crippen molar-refractivity contribution in [1.29, 1.82) is 0 Å². The number of benzene rings is 1. The number of sulfonamides is 1. The fourth-order valence-corrected chi connectivity index (χ4v) is 4.74. The minimum atomic E-state index is -3.37. The predicted octanol–water partition coefficient (Wildman–Crippen LogP) is 2.50. The zero-order chi connectivity index (χ0) is 17.9. The lowest BCUT2D eigenvalue weighted by Crippen LogP contribution is -2.38. The Morgan fingerprint density at radius 2 is 1.96 bits per heavy atom. The van der Waals surface area contributed by atoms with E-state index in [1.165, 1.54) is 4.31 Å². The molecule has 1 fully saturated rings. The molecule has 3 rings (SSSR count). The van der Waals surface area contributed by atoms with E-state index >= 15 is 0 Å². The summed E-state index contributed by atoms with van der Waals surface area (Å²) < 4.78 is 27.8. The van der Waals surface area contributed by atoms with Crippen LogP contribution in [0.4, 0.5) is 5.69 Å². The third-order valence-corrected chi connectivity index (χ3v) is 6.32. The number of rotatable bonds is 5. The zero-order valence-corrected chi connectivity index (χ0v) is 15.3. The summed E-state index contributed by atoms with van der Waals surface area (Å²) in [6, 6.07) is 8.57. The van der Waals surface area contributed by atoms with Crippen molar-refractivity contribution in [3.05, 3.63) is 53.3 Å². The van der Waals surface area contributed by atoms with Gasteiger partial charge in [-0.3, -0.25) is 9.10 Å². The van der Waals surface area contributed by atoms with Crippen molar-refractivity contribution in [3.8, 4) is 0 Å². The molecule has 2 heterocycles. The number of carbonyl (C=O) groups excluding carboxylic acids is 1. The van der Waals surface area contributed by atoms with Gasteiger partial charge in [0.15, 0.2) is 0 Å².